The number of fused-ring (bicyclic) bond motifs is 1. The van der Waals surface area contributed by atoms with Crippen molar-refractivity contribution in [2.75, 3.05) is 13.1 Å². The van der Waals surface area contributed by atoms with Crippen LogP contribution in [0.5, 0.6) is 5.75 Å². The number of aryl methyl sites for hydroxylation is 1. The quantitative estimate of drug-likeness (QED) is 0.195. The number of benzene rings is 3. The number of ether oxygens (including phenoxy) is 1. The van der Waals surface area contributed by atoms with Crippen molar-refractivity contribution in [3.63, 3.8) is 0 Å². The maximum absolute atomic E-state index is 11.9. The number of carbonyl (C=O) groups is 1. The Labute approximate surface area is 242 Å². The lowest BCUT2D eigenvalue weighted by atomic mass is 9.96. The molecule has 7 nitrogen and oxygen atoms in total. The van der Waals surface area contributed by atoms with Crippen LogP contribution < -0.4 is 10.1 Å². The van der Waals surface area contributed by atoms with Gasteiger partial charge in [0.25, 0.3) is 0 Å². The lowest BCUT2D eigenvalue weighted by Gasteiger charge is -2.27. The summed E-state index contributed by atoms with van der Waals surface area (Å²) in [6.45, 7) is 1.10. The van der Waals surface area contributed by atoms with E-state index in [0.717, 1.165) is 46.4 Å². The standard InChI is InChI=1S/C33H29N3O4S/c37-28(26-7-4-16-34-18-26)20-35-19-27-14-12-25-17-24(13-15-29(25)40-27)21-8-10-23(11-9-21)32-36-30(31(41-32)33(38)39)22-5-2-1-3-6-22/h1-11,13,15-18,27-28,35,37H,12,14,19-20H2,(H,38,39)/t27-,28-/m1/s1. The Bertz CT molecular complexity index is 1640. The largest absolute Gasteiger partial charge is 0.489 e. The van der Waals surface area contributed by atoms with Gasteiger partial charge in [-0.15, -0.1) is 11.3 Å². The zero-order valence-electron chi connectivity index (χ0n) is 22.2. The zero-order chi connectivity index (χ0) is 28.2. The number of aromatic nitrogens is 2. The van der Waals surface area contributed by atoms with Crippen LogP contribution in [-0.2, 0) is 6.42 Å². The van der Waals surface area contributed by atoms with E-state index in [1.165, 1.54) is 16.9 Å². The van der Waals surface area contributed by atoms with Crippen molar-refractivity contribution >= 4 is 17.3 Å². The average Bonchev–Trinajstić information content (AvgIpc) is 3.48. The number of pyridine rings is 1. The normalized spacial score (nSPS) is 15.1. The Hall–Kier alpha value is -4.37. The van der Waals surface area contributed by atoms with E-state index >= 15 is 0 Å². The molecule has 0 fully saturated rings. The molecule has 41 heavy (non-hydrogen) atoms. The Morgan fingerprint density at radius 3 is 2.51 bits per heavy atom. The van der Waals surface area contributed by atoms with Crippen molar-refractivity contribution in [3.8, 4) is 38.7 Å². The van der Waals surface area contributed by atoms with Gasteiger partial charge in [0.2, 0.25) is 0 Å². The molecule has 0 radical (unpaired) electrons. The predicted octanol–water partition coefficient (Wildman–Crippen LogP) is 6.25. The van der Waals surface area contributed by atoms with Crippen LogP contribution in [0.3, 0.4) is 0 Å². The number of nitrogens with one attached hydrogen (secondary N) is 1. The van der Waals surface area contributed by atoms with Gasteiger partial charge in [0.05, 0.1) is 11.8 Å². The van der Waals surface area contributed by atoms with Crippen molar-refractivity contribution in [1.82, 2.24) is 15.3 Å². The molecule has 1 aliphatic rings. The van der Waals surface area contributed by atoms with E-state index in [1.807, 2.05) is 72.8 Å². The first kappa shape index (κ1) is 26.8. The summed E-state index contributed by atoms with van der Waals surface area (Å²) in [6, 6.07) is 27.5. The van der Waals surface area contributed by atoms with E-state index in [1.54, 1.807) is 12.4 Å². The van der Waals surface area contributed by atoms with Gasteiger partial charge >= 0.3 is 5.97 Å². The molecule has 5 aromatic rings. The summed E-state index contributed by atoms with van der Waals surface area (Å²) in [6.07, 6.45) is 4.63. The lowest BCUT2D eigenvalue weighted by molar-refractivity contribution is 0.0702. The second-order valence-corrected chi connectivity index (χ2v) is 11.0. The van der Waals surface area contributed by atoms with Crippen molar-refractivity contribution in [1.29, 1.82) is 0 Å². The minimum absolute atomic E-state index is 0.0449. The molecule has 8 heteroatoms. The number of aliphatic hydroxyl groups is 1. The smallest absolute Gasteiger partial charge is 0.348 e. The number of thiazole rings is 1. The highest BCUT2D eigenvalue weighted by Gasteiger charge is 2.22. The van der Waals surface area contributed by atoms with Crippen LogP contribution in [0.15, 0.2) is 97.3 Å². The number of carboxylic acids is 1. The van der Waals surface area contributed by atoms with Gasteiger partial charge in [-0.3, -0.25) is 4.98 Å². The Morgan fingerprint density at radius 1 is 0.976 bits per heavy atom. The second-order valence-electron chi connectivity index (χ2n) is 10.0. The van der Waals surface area contributed by atoms with Crippen molar-refractivity contribution in [2.24, 2.45) is 0 Å². The third-order valence-corrected chi connectivity index (χ3v) is 8.29. The first-order valence-corrected chi connectivity index (χ1v) is 14.4. The molecule has 0 spiro atoms. The Kier molecular flexibility index (Phi) is 7.86. The van der Waals surface area contributed by atoms with Crippen LogP contribution in [0.1, 0.15) is 33.3 Å². The van der Waals surface area contributed by atoms with Crippen LogP contribution in [0.2, 0.25) is 0 Å². The lowest BCUT2D eigenvalue weighted by Crippen LogP contribution is -2.36. The van der Waals surface area contributed by atoms with Gasteiger partial charge in [0.15, 0.2) is 0 Å². The fourth-order valence-electron chi connectivity index (χ4n) is 5.03. The fraction of sp³-hybridized carbons (Fsp3) is 0.182. The third-order valence-electron chi connectivity index (χ3n) is 7.20. The van der Waals surface area contributed by atoms with Gasteiger partial charge in [-0.2, -0.15) is 0 Å². The van der Waals surface area contributed by atoms with Crippen LogP contribution in [0.25, 0.3) is 33.0 Å². The van der Waals surface area contributed by atoms with Crippen LogP contribution in [0.4, 0.5) is 0 Å². The van der Waals surface area contributed by atoms with Crippen LogP contribution in [-0.4, -0.2) is 45.3 Å². The maximum Gasteiger partial charge on any atom is 0.348 e. The van der Waals surface area contributed by atoms with Crippen LogP contribution >= 0.6 is 11.3 Å². The molecular formula is C33H29N3O4S. The summed E-state index contributed by atoms with van der Waals surface area (Å²) in [5.41, 5.74) is 6.32. The summed E-state index contributed by atoms with van der Waals surface area (Å²) in [4.78, 5) is 20.9. The Morgan fingerprint density at radius 2 is 1.76 bits per heavy atom. The van der Waals surface area contributed by atoms with Crippen molar-refractivity contribution in [2.45, 2.75) is 25.0 Å². The highest BCUT2D eigenvalue weighted by molar-refractivity contribution is 7.17. The first-order valence-electron chi connectivity index (χ1n) is 13.5. The Balaban J connectivity index is 1.11. The first-order chi connectivity index (χ1) is 20.0. The SMILES string of the molecule is O=C(O)c1sc(-c2ccc(-c3ccc4c(c3)CC[C@H](CNC[C@@H](O)c3cccnc3)O4)cc2)nc1-c1ccccc1. The highest BCUT2D eigenvalue weighted by atomic mass is 32.1. The summed E-state index contributed by atoms with van der Waals surface area (Å²) in [5.74, 6) is -0.0745. The molecule has 2 aromatic heterocycles. The second kappa shape index (κ2) is 12.0. The monoisotopic (exact) mass is 563 g/mol. The number of hydrogen-bond acceptors (Lipinski definition) is 7. The van der Waals surface area contributed by atoms with E-state index in [2.05, 4.69) is 27.4 Å². The topological polar surface area (TPSA) is 105 Å². The number of rotatable bonds is 9. The zero-order valence-corrected chi connectivity index (χ0v) is 23.1. The minimum atomic E-state index is -0.971. The molecule has 1 aliphatic heterocycles. The van der Waals surface area contributed by atoms with E-state index < -0.39 is 12.1 Å². The molecular weight excluding hydrogens is 534 g/mol. The van der Waals surface area contributed by atoms with E-state index in [9.17, 15) is 15.0 Å². The third kappa shape index (κ3) is 6.05. The summed E-state index contributed by atoms with van der Waals surface area (Å²) >= 11 is 1.19. The molecule has 6 rings (SSSR count). The van der Waals surface area contributed by atoms with Crippen molar-refractivity contribution < 1.29 is 19.7 Å². The molecule has 3 heterocycles. The number of carboxylic acid groups (broad SMARTS) is 1. The summed E-state index contributed by atoms with van der Waals surface area (Å²) in [7, 11) is 0. The molecule has 0 bridgehead atoms. The van der Waals surface area contributed by atoms with Gasteiger partial charge < -0.3 is 20.3 Å². The fourth-order valence-corrected chi connectivity index (χ4v) is 5.96. The molecule has 0 saturated heterocycles. The number of aromatic carboxylic acids is 1. The summed E-state index contributed by atoms with van der Waals surface area (Å²) in [5, 5.41) is 24.1. The van der Waals surface area contributed by atoms with Gasteiger partial charge in [-0.1, -0.05) is 66.7 Å². The molecule has 3 N–H and O–H groups in total. The number of nitrogens with zero attached hydrogens (tertiary/aromatic N) is 2. The molecule has 0 aliphatic carbocycles. The van der Waals surface area contributed by atoms with E-state index in [4.69, 9.17) is 4.74 Å². The van der Waals surface area contributed by atoms with Crippen LogP contribution in [0, 0.1) is 0 Å². The summed E-state index contributed by atoms with van der Waals surface area (Å²) < 4.78 is 6.25. The molecule has 0 unspecified atom stereocenters. The minimum Gasteiger partial charge on any atom is -0.489 e. The molecule has 0 saturated carbocycles. The van der Waals surface area contributed by atoms with Crippen molar-refractivity contribution in [3.05, 3.63) is 113 Å². The average molecular weight is 564 g/mol. The van der Waals surface area contributed by atoms with Gasteiger partial charge in [-0.05, 0) is 47.7 Å². The van der Waals surface area contributed by atoms with Gasteiger partial charge in [-0.25, -0.2) is 9.78 Å². The molecule has 0 amide bonds. The van der Waals surface area contributed by atoms with E-state index in [0.29, 0.717) is 23.8 Å². The van der Waals surface area contributed by atoms with Gasteiger partial charge in [0, 0.05) is 42.2 Å². The number of hydrogen-bond donors (Lipinski definition) is 3. The highest BCUT2D eigenvalue weighted by Crippen LogP contribution is 2.36. The molecule has 2 atom stereocenters. The van der Waals surface area contributed by atoms with Gasteiger partial charge in [0.1, 0.15) is 21.7 Å². The molecule has 3 aromatic carbocycles. The number of aliphatic hydroxyl groups excluding tert-OH is 1. The predicted molar refractivity (Wildman–Crippen MR) is 160 cm³/mol. The van der Waals surface area contributed by atoms with E-state index in [-0.39, 0.29) is 11.0 Å². The molecule has 206 valence electrons. The maximum atomic E-state index is 11.9.